The van der Waals surface area contributed by atoms with Gasteiger partial charge in [-0.25, -0.2) is 0 Å². The molecule has 1 heterocycles. The number of methoxy groups -OCH3 is 1. The van der Waals surface area contributed by atoms with Crippen molar-refractivity contribution in [2.24, 2.45) is 0 Å². The number of unbranched alkanes of at least 4 members (excludes halogenated alkanes) is 4. The van der Waals surface area contributed by atoms with Crippen LogP contribution in [0.4, 0.5) is 0 Å². The lowest BCUT2D eigenvalue weighted by molar-refractivity contribution is 0.00578. The molecule has 0 aromatic carbocycles. The van der Waals surface area contributed by atoms with E-state index in [-0.39, 0.29) is 18.3 Å². The van der Waals surface area contributed by atoms with Crippen molar-refractivity contribution in [2.45, 2.75) is 96.9 Å². The van der Waals surface area contributed by atoms with Crippen LogP contribution in [0.5, 0.6) is 0 Å². The fourth-order valence-electron chi connectivity index (χ4n) is 2.62. The van der Waals surface area contributed by atoms with Gasteiger partial charge in [-0.3, -0.25) is 0 Å². The van der Waals surface area contributed by atoms with Gasteiger partial charge in [-0.1, -0.05) is 51.1 Å². The Morgan fingerprint density at radius 1 is 1.00 bits per heavy atom. The summed E-state index contributed by atoms with van der Waals surface area (Å²) in [5, 5.41) is 0. The van der Waals surface area contributed by atoms with Gasteiger partial charge in [-0.05, 0) is 40.5 Å². The Morgan fingerprint density at radius 3 is 2.14 bits per heavy atom. The van der Waals surface area contributed by atoms with Gasteiger partial charge < -0.3 is 14.0 Å². The molecule has 0 amide bonds. The van der Waals surface area contributed by atoms with Crippen LogP contribution in [0, 0.1) is 0 Å². The minimum atomic E-state index is -0.262. The summed E-state index contributed by atoms with van der Waals surface area (Å²) in [4.78, 5) is 0. The fourth-order valence-corrected chi connectivity index (χ4v) is 2.62. The molecule has 128 valence electrons. The molecule has 0 spiro atoms. The van der Waals surface area contributed by atoms with Crippen molar-refractivity contribution in [2.75, 3.05) is 7.11 Å². The van der Waals surface area contributed by atoms with Crippen LogP contribution >= 0.6 is 0 Å². The van der Waals surface area contributed by atoms with E-state index < -0.39 is 0 Å². The molecule has 1 fully saturated rings. The van der Waals surface area contributed by atoms with Gasteiger partial charge in [0, 0.05) is 7.11 Å². The molecule has 3 nitrogen and oxygen atoms in total. The Labute approximate surface area is 137 Å². The van der Waals surface area contributed by atoms with Gasteiger partial charge in [0.05, 0.1) is 17.3 Å². The van der Waals surface area contributed by atoms with Gasteiger partial charge in [0.15, 0.2) is 0 Å². The summed E-state index contributed by atoms with van der Waals surface area (Å²) >= 11 is 0. The van der Waals surface area contributed by atoms with Crippen molar-refractivity contribution in [1.82, 2.24) is 0 Å². The molecular weight excluding hydrogens is 275 g/mol. The molecule has 4 heteroatoms. The van der Waals surface area contributed by atoms with Gasteiger partial charge in [-0.15, -0.1) is 0 Å². The minimum absolute atomic E-state index is 0.243. The van der Waals surface area contributed by atoms with E-state index in [4.69, 9.17) is 14.0 Å². The first-order valence-corrected chi connectivity index (χ1v) is 8.87. The zero-order chi connectivity index (χ0) is 16.6. The van der Waals surface area contributed by atoms with Crippen LogP contribution in [0.15, 0.2) is 12.1 Å². The van der Waals surface area contributed by atoms with E-state index in [2.05, 4.69) is 40.7 Å². The van der Waals surface area contributed by atoms with Crippen molar-refractivity contribution in [3.8, 4) is 0 Å². The zero-order valence-electron chi connectivity index (χ0n) is 15.5. The van der Waals surface area contributed by atoms with Gasteiger partial charge in [0.1, 0.15) is 0 Å². The molecule has 1 aliphatic rings. The van der Waals surface area contributed by atoms with Crippen molar-refractivity contribution >= 4 is 7.12 Å². The molecular formula is C18H35BO3. The van der Waals surface area contributed by atoms with E-state index in [1.54, 1.807) is 7.11 Å². The van der Waals surface area contributed by atoms with Gasteiger partial charge in [-0.2, -0.15) is 0 Å². The van der Waals surface area contributed by atoms with E-state index in [1.807, 2.05) is 5.98 Å². The molecule has 1 rings (SSSR count). The lowest BCUT2D eigenvalue weighted by Crippen LogP contribution is -2.41. The van der Waals surface area contributed by atoms with Crippen LogP contribution < -0.4 is 0 Å². The highest BCUT2D eigenvalue weighted by Crippen LogP contribution is 2.36. The third kappa shape index (κ3) is 6.06. The number of rotatable bonds is 10. The van der Waals surface area contributed by atoms with Crippen LogP contribution in [0.3, 0.4) is 0 Å². The second kappa shape index (κ2) is 9.10. The summed E-state index contributed by atoms with van der Waals surface area (Å²) in [6, 6.07) is 0. The van der Waals surface area contributed by atoms with Crippen LogP contribution in [0.25, 0.3) is 0 Å². The summed E-state index contributed by atoms with van der Waals surface area (Å²) < 4.78 is 17.5. The average molecular weight is 310 g/mol. The molecule has 0 radical (unpaired) electrons. The monoisotopic (exact) mass is 310 g/mol. The van der Waals surface area contributed by atoms with Crippen LogP contribution in [-0.4, -0.2) is 31.5 Å². The first kappa shape index (κ1) is 19.7. The highest BCUT2D eigenvalue weighted by molar-refractivity contribution is 6.51. The highest BCUT2D eigenvalue weighted by atomic mass is 16.7. The van der Waals surface area contributed by atoms with E-state index in [0.717, 1.165) is 12.8 Å². The Balaban J connectivity index is 2.28. The average Bonchev–Trinajstić information content (AvgIpc) is 2.64. The largest absolute Gasteiger partial charge is 0.486 e. The molecule has 0 aromatic rings. The standard InChI is InChI=1S/C18H35BO3/c1-7-8-9-10-11-13-16(20-6)14-12-15-19-21-17(2,3)18(4,5)22-19/h12,15-16H,7-11,13-14H2,1-6H3/b15-12+/t16-/m0/s1. The number of ether oxygens (including phenoxy) is 1. The molecule has 1 saturated heterocycles. The molecule has 0 aromatic heterocycles. The SMILES string of the molecule is CCCCCCC[C@@H](C/C=C/B1OC(C)(C)C(C)(C)O1)OC. The maximum atomic E-state index is 5.96. The van der Waals surface area contributed by atoms with Crippen LogP contribution in [-0.2, 0) is 14.0 Å². The molecule has 1 aliphatic heterocycles. The first-order chi connectivity index (χ1) is 10.3. The predicted octanol–water partition coefficient (Wildman–Crippen LogP) is 4.94. The Bertz CT molecular complexity index is 323. The summed E-state index contributed by atoms with van der Waals surface area (Å²) in [5.74, 6) is 2.03. The number of hydrogen-bond acceptors (Lipinski definition) is 3. The summed E-state index contributed by atoms with van der Waals surface area (Å²) in [5.41, 5.74) is -0.524. The van der Waals surface area contributed by atoms with Crippen molar-refractivity contribution in [3.05, 3.63) is 12.1 Å². The smallest absolute Gasteiger partial charge is 0.400 e. The van der Waals surface area contributed by atoms with Gasteiger partial charge in [0.25, 0.3) is 0 Å². The summed E-state index contributed by atoms with van der Waals surface area (Å²) in [6.45, 7) is 10.6. The topological polar surface area (TPSA) is 27.7 Å². The maximum Gasteiger partial charge on any atom is 0.486 e. The van der Waals surface area contributed by atoms with Gasteiger partial charge in [0.2, 0.25) is 0 Å². The highest BCUT2D eigenvalue weighted by Gasteiger charge is 2.49. The van der Waals surface area contributed by atoms with Gasteiger partial charge >= 0.3 is 7.12 Å². The molecule has 0 bridgehead atoms. The molecule has 0 N–H and O–H groups in total. The second-order valence-corrected chi connectivity index (χ2v) is 7.35. The summed E-state index contributed by atoms with van der Waals surface area (Å²) in [7, 11) is 1.56. The Kier molecular flexibility index (Phi) is 8.16. The van der Waals surface area contributed by atoms with Crippen molar-refractivity contribution < 1.29 is 14.0 Å². The lowest BCUT2D eigenvalue weighted by atomic mass is 9.89. The van der Waals surface area contributed by atoms with Crippen molar-refractivity contribution in [1.29, 1.82) is 0 Å². The predicted molar refractivity (Wildman–Crippen MR) is 94.0 cm³/mol. The second-order valence-electron chi connectivity index (χ2n) is 7.35. The van der Waals surface area contributed by atoms with E-state index in [0.29, 0.717) is 6.10 Å². The number of hydrogen-bond donors (Lipinski definition) is 0. The lowest BCUT2D eigenvalue weighted by Gasteiger charge is -2.32. The molecule has 22 heavy (non-hydrogen) atoms. The van der Waals surface area contributed by atoms with E-state index in [1.165, 1.54) is 32.1 Å². The normalized spacial score (nSPS) is 21.6. The van der Waals surface area contributed by atoms with E-state index >= 15 is 0 Å². The fraction of sp³-hybridized carbons (Fsp3) is 0.889. The third-order valence-corrected chi connectivity index (χ3v) is 4.93. The quantitative estimate of drug-likeness (QED) is 0.422. The Morgan fingerprint density at radius 2 is 1.59 bits per heavy atom. The Hall–Kier alpha value is -0.315. The zero-order valence-corrected chi connectivity index (χ0v) is 15.5. The van der Waals surface area contributed by atoms with Crippen LogP contribution in [0.2, 0.25) is 0 Å². The molecule has 0 saturated carbocycles. The first-order valence-electron chi connectivity index (χ1n) is 8.87. The van der Waals surface area contributed by atoms with Crippen molar-refractivity contribution in [3.63, 3.8) is 0 Å². The summed E-state index contributed by atoms with van der Waals surface area (Å²) in [6.07, 6.45) is 11.1. The molecule has 0 unspecified atom stereocenters. The molecule has 1 atom stereocenters. The van der Waals surface area contributed by atoms with E-state index in [9.17, 15) is 0 Å². The maximum absolute atomic E-state index is 5.96. The van der Waals surface area contributed by atoms with Crippen LogP contribution in [0.1, 0.15) is 79.6 Å². The molecule has 0 aliphatic carbocycles. The minimum Gasteiger partial charge on any atom is -0.400 e. The third-order valence-electron chi connectivity index (χ3n) is 4.93.